The van der Waals surface area contributed by atoms with E-state index in [2.05, 4.69) is 15.6 Å². The SMILES string of the molecule is O=C(Nc1ccc(Nc2ccccc2)cc1)c1cnc2sccn2c1=O. The predicted molar refractivity (Wildman–Crippen MR) is 103 cm³/mol. The molecule has 0 radical (unpaired) electrons. The topological polar surface area (TPSA) is 75.5 Å². The molecule has 0 saturated heterocycles. The standard InChI is InChI=1S/C19H14N4O2S/c24-17(16-12-20-19-23(18(16)25)10-11-26-19)22-15-8-6-14(7-9-15)21-13-4-2-1-3-5-13/h1-12,21H,(H,22,24). The summed E-state index contributed by atoms with van der Waals surface area (Å²) in [4.78, 5) is 29.4. The Morgan fingerprint density at radius 2 is 1.65 bits per heavy atom. The van der Waals surface area contributed by atoms with Gasteiger partial charge >= 0.3 is 0 Å². The number of thiazole rings is 1. The van der Waals surface area contributed by atoms with Crippen molar-refractivity contribution in [2.24, 2.45) is 0 Å². The van der Waals surface area contributed by atoms with E-state index in [0.29, 0.717) is 10.6 Å². The van der Waals surface area contributed by atoms with Crippen molar-refractivity contribution in [1.82, 2.24) is 9.38 Å². The second kappa shape index (κ2) is 6.81. The van der Waals surface area contributed by atoms with Gasteiger partial charge in [-0.25, -0.2) is 4.98 Å². The van der Waals surface area contributed by atoms with E-state index < -0.39 is 5.91 Å². The van der Waals surface area contributed by atoms with Crippen molar-refractivity contribution >= 4 is 39.3 Å². The molecule has 2 aromatic carbocycles. The van der Waals surface area contributed by atoms with Crippen LogP contribution in [0.5, 0.6) is 0 Å². The Labute approximate surface area is 152 Å². The molecule has 4 rings (SSSR count). The van der Waals surface area contributed by atoms with Gasteiger partial charge in [-0.1, -0.05) is 18.2 Å². The largest absolute Gasteiger partial charge is 0.356 e. The Morgan fingerprint density at radius 3 is 2.42 bits per heavy atom. The molecule has 0 aliphatic carbocycles. The number of aromatic nitrogens is 2. The van der Waals surface area contributed by atoms with E-state index in [1.807, 2.05) is 42.5 Å². The van der Waals surface area contributed by atoms with Gasteiger partial charge in [0.25, 0.3) is 11.5 Å². The monoisotopic (exact) mass is 362 g/mol. The molecular formula is C19H14N4O2S. The van der Waals surface area contributed by atoms with Crippen LogP contribution in [0.4, 0.5) is 17.1 Å². The number of hydrogen-bond acceptors (Lipinski definition) is 5. The van der Waals surface area contributed by atoms with Gasteiger partial charge in [0.15, 0.2) is 4.96 Å². The van der Waals surface area contributed by atoms with Gasteiger partial charge in [-0.3, -0.25) is 14.0 Å². The minimum Gasteiger partial charge on any atom is -0.356 e. The summed E-state index contributed by atoms with van der Waals surface area (Å²) in [7, 11) is 0. The van der Waals surface area contributed by atoms with E-state index in [-0.39, 0.29) is 11.1 Å². The van der Waals surface area contributed by atoms with E-state index in [9.17, 15) is 9.59 Å². The van der Waals surface area contributed by atoms with Gasteiger partial charge in [-0.05, 0) is 36.4 Å². The van der Waals surface area contributed by atoms with Gasteiger partial charge in [0.2, 0.25) is 0 Å². The molecule has 1 amide bonds. The Morgan fingerprint density at radius 1 is 0.962 bits per heavy atom. The first-order valence-corrected chi connectivity index (χ1v) is 8.77. The van der Waals surface area contributed by atoms with Gasteiger partial charge in [0, 0.05) is 34.8 Å². The number of anilines is 3. The number of para-hydroxylation sites is 1. The summed E-state index contributed by atoms with van der Waals surface area (Å²) in [6.45, 7) is 0. The third-order valence-corrected chi connectivity index (χ3v) is 4.56. The molecule has 0 atom stereocenters. The van der Waals surface area contributed by atoms with Gasteiger partial charge < -0.3 is 10.6 Å². The van der Waals surface area contributed by atoms with Crippen LogP contribution < -0.4 is 16.2 Å². The molecule has 4 aromatic rings. The number of fused-ring (bicyclic) bond motifs is 1. The molecule has 0 aliphatic heterocycles. The third kappa shape index (κ3) is 3.20. The molecule has 2 N–H and O–H groups in total. The van der Waals surface area contributed by atoms with Crippen LogP contribution in [0.1, 0.15) is 10.4 Å². The van der Waals surface area contributed by atoms with Crippen molar-refractivity contribution in [1.29, 1.82) is 0 Å². The van der Waals surface area contributed by atoms with Crippen molar-refractivity contribution in [2.75, 3.05) is 10.6 Å². The van der Waals surface area contributed by atoms with Crippen LogP contribution in [0.25, 0.3) is 4.96 Å². The number of nitrogens with zero attached hydrogens (tertiary/aromatic N) is 2. The van der Waals surface area contributed by atoms with Crippen molar-refractivity contribution < 1.29 is 4.79 Å². The summed E-state index contributed by atoms with van der Waals surface area (Å²) in [5, 5.41) is 7.75. The lowest BCUT2D eigenvalue weighted by molar-refractivity contribution is 0.102. The Hall–Kier alpha value is -3.45. The molecule has 6 nitrogen and oxygen atoms in total. The van der Waals surface area contributed by atoms with E-state index in [1.54, 1.807) is 23.7 Å². The highest BCUT2D eigenvalue weighted by Crippen LogP contribution is 2.19. The number of nitrogens with one attached hydrogen (secondary N) is 2. The molecule has 128 valence electrons. The average Bonchev–Trinajstić information content (AvgIpc) is 3.14. The van der Waals surface area contributed by atoms with E-state index in [0.717, 1.165) is 11.4 Å². The summed E-state index contributed by atoms with van der Waals surface area (Å²) in [5.74, 6) is -0.480. The van der Waals surface area contributed by atoms with Crippen molar-refractivity contribution in [3.05, 3.63) is 88.3 Å². The smallest absolute Gasteiger partial charge is 0.271 e. The zero-order valence-corrected chi connectivity index (χ0v) is 14.4. The van der Waals surface area contributed by atoms with E-state index >= 15 is 0 Å². The van der Waals surface area contributed by atoms with Crippen LogP contribution in [0.2, 0.25) is 0 Å². The van der Waals surface area contributed by atoms with E-state index in [4.69, 9.17) is 0 Å². The van der Waals surface area contributed by atoms with Crippen LogP contribution in [-0.4, -0.2) is 15.3 Å². The lowest BCUT2D eigenvalue weighted by atomic mass is 10.2. The molecule has 0 bridgehead atoms. The fourth-order valence-corrected chi connectivity index (χ4v) is 3.18. The van der Waals surface area contributed by atoms with Crippen LogP contribution in [0, 0.1) is 0 Å². The van der Waals surface area contributed by atoms with Crippen LogP contribution in [-0.2, 0) is 0 Å². The van der Waals surface area contributed by atoms with Crippen molar-refractivity contribution in [3.63, 3.8) is 0 Å². The zero-order chi connectivity index (χ0) is 17.9. The Kier molecular flexibility index (Phi) is 4.20. The Bertz CT molecular complexity index is 1120. The second-order valence-electron chi connectivity index (χ2n) is 5.56. The maximum absolute atomic E-state index is 12.4. The number of carbonyl (C=O) groups is 1. The number of hydrogen-bond donors (Lipinski definition) is 2. The van der Waals surface area contributed by atoms with Gasteiger partial charge in [0.1, 0.15) is 5.56 Å². The van der Waals surface area contributed by atoms with E-state index in [1.165, 1.54) is 21.9 Å². The van der Waals surface area contributed by atoms with Crippen molar-refractivity contribution in [3.8, 4) is 0 Å². The first-order chi connectivity index (χ1) is 12.7. The predicted octanol–water partition coefficient (Wildman–Crippen LogP) is 3.75. The maximum atomic E-state index is 12.4. The number of amides is 1. The second-order valence-corrected chi connectivity index (χ2v) is 6.43. The van der Waals surface area contributed by atoms with Crippen molar-refractivity contribution in [2.45, 2.75) is 0 Å². The molecular weight excluding hydrogens is 348 g/mol. The summed E-state index contributed by atoms with van der Waals surface area (Å²) in [6, 6.07) is 17.1. The summed E-state index contributed by atoms with van der Waals surface area (Å²) in [6.07, 6.45) is 2.92. The molecule has 0 spiro atoms. The maximum Gasteiger partial charge on any atom is 0.271 e. The first-order valence-electron chi connectivity index (χ1n) is 7.89. The third-order valence-electron chi connectivity index (χ3n) is 3.79. The molecule has 0 unspecified atom stereocenters. The molecule has 0 saturated carbocycles. The highest BCUT2D eigenvalue weighted by Gasteiger charge is 2.14. The average molecular weight is 362 g/mol. The van der Waals surface area contributed by atoms with Gasteiger partial charge in [-0.2, -0.15) is 0 Å². The normalized spacial score (nSPS) is 10.6. The van der Waals surface area contributed by atoms with Gasteiger partial charge in [0.05, 0.1) is 0 Å². The zero-order valence-electron chi connectivity index (χ0n) is 13.5. The van der Waals surface area contributed by atoms with Crippen LogP contribution in [0.15, 0.2) is 77.2 Å². The number of rotatable bonds is 4. The first kappa shape index (κ1) is 16.0. The van der Waals surface area contributed by atoms with Gasteiger partial charge in [-0.15, -0.1) is 11.3 Å². The molecule has 0 fully saturated rings. The minimum atomic E-state index is -0.480. The highest BCUT2D eigenvalue weighted by molar-refractivity contribution is 7.15. The molecule has 26 heavy (non-hydrogen) atoms. The molecule has 2 heterocycles. The summed E-state index contributed by atoms with van der Waals surface area (Å²) in [5.41, 5.74) is 2.11. The number of benzene rings is 2. The lowest BCUT2D eigenvalue weighted by Gasteiger charge is -2.08. The summed E-state index contributed by atoms with van der Waals surface area (Å²) >= 11 is 1.34. The molecule has 2 aromatic heterocycles. The number of carbonyl (C=O) groups excluding carboxylic acids is 1. The minimum absolute atomic E-state index is 0.00684. The van der Waals surface area contributed by atoms with Crippen LogP contribution in [0.3, 0.4) is 0 Å². The van der Waals surface area contributed by atoms with Crippen LogP contribution >= 0.6 is 11.3 Å². The summed E-state index contributed by atoms with van der Waals surface area (Å²) < 4.78 is 1.37. The lowest BCUT2D eigenvalue weighted by Crippen LogP contribution is -2.25. The molecule has 7 heteroatoms. The highest BCUT2D eigenvalue weighted by atomic mass is 32.1. The molecule has 0 aliphatic rings. The quantitative estimate of drug-likeness (QED) is 0.580. The Balaban J connectivity index is 1.50. The fourth-order valence-electron chi connectivity index (χ4n) is 2.50. The fraction of sp³-hybridized carbons (Fsp3) is 0.